The molecule has 26 heavy (non-hydrogen) atoms. The molecule has 0 saturated carbocycles. The lowest BCUT2D eigenvalue weighted by atomic mass is 9.98. The van der Waals surface area contributed by atoms with E-state index in [2.05, 4.69) is 10.2 Å². The van der Waals surface area contributed by atoms with Gasteiger partial charge in [-0.1, -0.05) is 6.07 Å². The number of aryl methyl sites for hydroxylation is 1. The lowest BCUT2D eigenvalue weighted by Gasteiger charge is -2.33. The highest BCUT2D eigenvalue weighted by atomic mass is 19.4. The van der Waals surface area contributed by atoms with Crippen molar-refractivity contribution in [1.82, 2.24) is 15.1 Å². The number of nitrogens with zero attached hydrogens (tertiary/aromatic N) is 3. The summed E-state index contributed by atoms with van der Waals surface area (Å²) in [6, 6.07) is 3.91. The van der Waals surface area contributed by atoms with Crippen LogP contribution in [0, 0.1) is 0 Å². The molecule has 2 aliphatic heterocycles. The third-order valence-corrected chi connectivity index (χ3v) is 5.14. The molecule has 5 nitrogen and oxygen atoms in total. The maximum atomic E-state index is 13.2. The number of carbonyl (C=O) groups excluding carboxylic acids is 1. The van der Waals surface area contributed by atoms with E-state index in [0.717, 1.165) is 35.7 Å². The fourth-order valence-corrected chi connectivity index (χ4v) is 3.74. The normalized spacial score (nSPS) is 17.1. The lowest BCUT2D eigenvalue weighted by Crippen LogP contribution is -2.35. The van der Waals surface area contributed by atoms with Gasteiger partial charge < -0.3 is 9.80 Å². The van der Waals surface area contributed by atoms with Gasteiger partial charge in [0.05, 0.1) is 12.1 Å². The number of aromatic nitrogens is 2. The molecule has 138 valence electrons. The minimum absolute atomic E-state index is 0.0128. The van der Waals surface area contributed by atoms with E-state index >= 15 is 0 Å². The second kappa shape index (κ2) is 6.03. The van der Waals surface area contributed by atoms with Crippen molar-refractivity contribution in [3.8, 4) is 0 Å². The number of alkyl halides is 3. The van der Waals surface area contributed by atoms with Gasteiger partial charge in [0.15, 0.2) is 5.82 Å². The van der Waals surface area contributed by atoms with E-state index in [1.54, 1.807) is 11.0 Å². The highest BCUT2D eigenvalue weighted by molar-refractivity contribution is 5.75. The molecule has 4 rings (SSSR count). The van der Waals surface area contributed by atoms with Crippen LogP contribution in [0.4, 0.5) is 24.7 Å². The fraction of sp³-hybridized carbons (Fsp3) is 0.444. The average Bonchev–Trinajstić information content (AvgIpc) is 3.02. The quantitative estimate of drug-likeness (QED) is 0.844. The van der Waals surface area contributed by atoms with E-state index in [1.807, 2.05) is 4.90 Å². The summed E-state index contributed by atoms with van der Waals surface area (Å²) in [5.41, 5.74) is 2.65. The molecule has 0 radical (unpaired) electrons. The highest BCUT2D eigenvalue weighted by Gasteiger charge is 2.34. The van der Waals surface area contributed by atoms with Gasteiger partial charge in [-0.05, 0) is 30.5 Å². The molecule has 0 unspecified atom stereocenters. The molecule has 0 fully saturated rings. The first-order valence-electron chi connectivity index (χ1n) is 8.64. The van der Waals surface area contributed by atoms with E-state index in [-0.39, 0.29) is 5.91 Å². The van der Waals surface area contributed by atoms with Crippen LogP contribution in [0.15, 0.2) is 18.2 Å². The predicted octanol–water partition coefficient (Wildman–Crippen LogP) is 3.42. The number of rotatable bonds is 1. The summed E-state index contributed by atoms with van der Waals surface area (Å²) >= 11 is 0. The fourth-order valence-electron chi connectivity index (χ4n) is 3.74. The van der Waals surface area contributed by atoms with Crippen molar-refractivity contribution in [3.63, 3.8) is 0 Å². The van der Waals surface area contributed by atoms with Crippen LogP contribution in [-0.2, 0) is 30.4 Å². The SMILES string of the molecule is CC(=O)N1CCc2[nH]nc(N3CCCc4ccc(C(F)(F)F)cc43)c2C1. The second-order valence-electron chi connectivity index (χ2n) is 6.79. The number of hydrogen-bond acceptors (Lipinski definition) is 3. The first-order chi connectivity index (χ1) is 12.3. The monoisotopic (exact) mass is 364 g/mol. The van der Waals surface area contributed by atoms with Gasteiger partial charge in [0.25, 0.3) is 0 Å². The van der Waals surface area contributed by atoms with E-state index in [0.29, 0.717) is 37.6 Å². The molecular weight excluding hydrogens is 345 g/mol. The third-order valence-electron chi connectivity index (χ3n) is 5.14. The smallest absolute Gasteiger partial charge is 0.338 e. The van der Waals surface area contributed by atoms with Crippen LogP contribution in [-0.4, -0.2) is 34.1 Å². The number of amides is 1. The molecule has 0 atom stereocenters. The van der Waals surface area contributed by atoms with Crippen LogP contribution >= 0.6 is 0 Å². The van der Waals surface area contributed by atoms with Crippen LogP contribution in [0.2, 0.25) is 0 Å². The largest absolute Gasteiger partial charge is 0.416 e. The summed E-state index contributed by atoms with van der Waals surface area (Å²) in [5.74, 6) is 0.618. The van der Waals surface area contributed by atoms with Crippen LogP contribution in [0.3, 0.4) is 0 Å². The second-order valence-corrected chi connectivity index (χ2v) is 6.79. The van der Waals surface area contributed by atoms with Crippen molar-refractivity contribution >= 4 is 17.4 Å². The number of carbonyl (C=O) groups is 1. The Morgan fingerprint density at radius 3 is 2.77 bits per heavy atom. The molecule has 1 N–H and O–H groups in total. The first-order valence-corrected chi connectivity index (χ1v) is 8.64. The molecule has 0 spiro atoms. The van der Waals surface area contributed by atoms with Crippen molar-refractivity contribution in [3.05, 3.63) is 40.6 Å². The molecule has 0 aliphatic carbocycles. The van der Waals surface area contributed by atoms with Crippen molar-refractivity contribution < 1.29 is 18.0 Å². The maximum absolute atomic E-state index is 13.2. The summed E-state index contributed by atoms with van der Waals surface area (Å²) in [7, 11) is 0. The predicted molar refractivity (Wildman–Crippen MR) is 90.2 cm³/mol. The van der Waals surface area contributed by atoms with Gasteiger partial charge in [-0.25, -0.2) is 0 Å². The van der Waals surface area contributed by atoms with E-state index in [4.69, 9.17) is 0 Å². The zero-order valence-electron chi connectivity index (χ0n) is 14.4. The minimum atomic E-state index is -4.38. The molecule has 0 bridgehead atoms. The maximum Gasteiger partial charge on any atom is 0.416 e. The molecule has 2 aromatic rings. The molecule has 1 amide bonds. The molecule has 3 heterocycles. The Hall–Kier alpha value is -2.51. The Kier molecular flexibility index (Phi) is 3.93. The number of nitrogens with one attached hydrogen (secondary N) is 1. The molecule has 1 aromatic carbocycles. The Labute approximate surface area is 148 Å². The summed E-state index contributed by atoms with van der Waals surface area (Å²) in [6.45, 7) is 3.18. The minimum Gasteiger partial charge on any atom is -0.338 e. The number of hydrogen-bond donors (Lipinski definition) is 1. The van der Waals surface area contributed by atoms with Gasteiger partial charge >= 0.3 is 6.18 Å². The van der Waals surface area contributed by atoms with Crippen molar-refractivity contribution in [2.75, 3.05) is 18.0 Å². The molecule has 0 saturated heterocycles. The lowest BCUT2D eigenvalue weighted by molar-refractivity contribution is -0.137. The van der Waals surface area contributed by atoms with E-state index < -0.39 is 11.7 Å². The molecule has 8 heteroatoms. The number of benzene rings is 1. The number of fused-ring (bicyclic) bond motifs is 2. The van der Waals surface area contributed by atoms with E-state index in [9.17, 15) is 18.0 Å². The zero-order valence-corrected chi connectivity index (χ0v) is 14.4. The van der Waals surface area contributed by atoms with Crippen LogP contribution in [0.5, 0.6) is 0 Å². The Bertz CT molecular complexity index is 859. The Balaban J connectivity index is 1.76. The third kappa shape index (κ3) is 2.83. The highest BCUT2D eigenvalue weighted by Crippen LogP contribution is 2.40. The number of anilines is 2. The van der Waals surface area contributed by atoms with Gasteiger partial charge in [0, 0.05) is 43.4 Å². The van der Waals surface area contributed by atoms with Gasteiger partial charge in [0.1, 0.15) is 0 Å². The van der Waals surface area contributed by atoms with E-state index in [1.165, 1.54) is 13.0 Å². The number of H-pyrrole nitrogens is 1. The van der Waals surface area contributed by atoms with Gasteiger partial charge in [-0.2, -0.15) is 18.3 Å². The Morgan fingerprint density at radius 2 is 2.04 bits per heavy atom. The molecule has 1 aromatic heterocycles. The summed E-state index contributed by atoms with van der Waals surface area (Å²) in [6.07, 6.45) is -2.12. The Morgan fingerprint density at radius 1 is 1.23 bits per heavy atom. The van der Waals surface area contributed by atoms with Crippen molar-refractivity contribution in [1.29, 1.82) is 0 Å². The average molecular weight is 364 g/mol. The number of halogens is 3. The first kappa shape index (κ1) is 16.9. The van der Waals surface area contributed by atoms with Crippen molar-refractivity contribution in [2.24, 2.45) is 0 Å². The summed E-state index contributed by atoms with van der Waals surface area (Å²) < 4.78 is 39.5. The number of aromatic amines is 1. The standard InChI is InChI=1S/C18H19F3N4O/c1-11(26)24-8-6-15-14(10-24)17(23-22-15)25-7-2-3-12-4-5-13(9-16(12)25)18(19,20)21/h4-5,9H,2-3,6-8,10H2,1H3,(H,22,23). The van der Waals surface area contributed by atoms with Crippen LogP contribution < -0.4 is 4.90 Å². The summed E-state index contributed by atoms with van der Waals surface area (Å²) in [5, 5.41) is 7.39. The van der Waals surface area contributed by atoms with Gasteiger partial charge in [0.2, 0.25) is 5.91 Å². The summed E-state index contributed by atoms with van der Waals surface area (Å²) in [4.78, 5) is 15.3. The van der Waals surface area contributed by atoms with Crippen molar-refractivity contribution in [2.45, 2.75) is 38.9 Å². The molecular formula is C18H19F3N4O. The van der Waals surface area contributed by atoms with Crippen LogP contribution in [0.25, 0.3) is 0 Å². The zero-order chi connectivity index (χ0) is 18.5. The van der Waals surface area contributed by atoms with Crippen LogP contribution in [0.1, 0.15) is 35.7 Å². The molecule has 2 aliphatic rings. The van der Waals surface area contributed by atoms with Gasteiger partial charge in [-0.3, -0.25) is 9.89 Å². The topological polar surface area (TPSA) is 52.2 Å². The van der Waals surface area contributed by atoms with Gasteiger partial charge in [-0.15, -0.1) is 0 Å².